The Morgan fingerprint density at radius 3 is 2.29 bits per heavy atom. The third-order valence-corrected chi connectivity index (χ3v) is 3.08. The number of aromatic nitrogens is 1. The van der Waals surface area contributed by atoms with Gasteiger partial charge in [0.15, 0.2) is 0 Å². The van der Waals surface area contributed by atoms with Crippen LogP contribution < -0.4 is 4.90 Å². The lowest BCUT2D eigenvalue weighted by Gasteiger charge is -2.25. The molecule has 0 atom stereocenters. The van der Waals surface area contributed by atoms with Gasteiger partial charge < -0.3 is 9.80 Å². The molecule has 0 N–H and O–H groups in total. The van der Waals surface area contributed by atoms with Gasteiger partial charge in [0, 0.05) is 25.8 Å². The van der Waals surface area contributed by atoms with Crippen molar-refractivity contribution in [1.29, 1.82) is 0 Å². The molecule has 0 unspecified atom stereocenters. The van der Waals surface area contributed by atoms with Crippen LogP contribution in [0.25, 0.3) is 0 Å². The molecule has 0 fully saturated rings. The number of anilines is 1. The molecule has 0 saturated carbocycles. The van der Waals surface area contributed by atoms with Crippen molar-refractivity contribution in [3.8, 4) is 0 Å². The standard InChI is InChI=1S/C16H20FN3.ClH/c1-19(2)11-12-20(16-5-3-4-10-18-16)13-14-6-8-15(17)9-7-14;/h3-10H,11-13H2,1-2H3;1H. The van der Waals surface area contributed by atoms with Crippen LogP contribution in [0, 0.1) is 5.82 Å². The largest absolute Gasteiger partial charge is 0.351 e. The number of halogens is 2. The molecule has 2 aromatic rings. The summed E-state index contributed by atoms with van der Waals surface area (Å²) in [6.07, 6.45) is 1.79. The Labute approximate surface area is 131 Å². The smallest absolute Gasteiger partial charge is 0.128 e. The minimum atomic E-state index is -0.202. The Hall–Kier alpha value is -1.65. The van der Waals surface area contributed by atoms with Gasteiger partial charge >= 0.3 is 0 Å². The van der Waals surface area contributed by atoms with Crippen LogP contribution in [0.3, 0.4) is 0 Å². The zero-order chi connectivity index (χ0) is 14.4. The van der Waals surface area contributed by atoms with E-state index in [0.29, 0.717) is 0 Å². The molecule has 1 aromatic carbocycles. The molecule has 114 valence electrons. The molecule has 0 bridgehead atoms. The topological polar surface area (TPSA) is 19.4 Å². The van der Waals surface area contributed by atoms with Crippen LogP contribution in [0.1, 0.15) is 5.56 Å². The van der Waals surface area contributed by atoms with Gasteiger partial charge in [0.2, 0.25) is 0 Å². The molecule has 1 heterocycles. The molecule has 0 radical (unpaired) electrons. The van der Waals surface area contributed by atoms with Crippen LogP contribution in [-0.2, 0) is 6.54 Å². The van der Waals surface area contributed by atoms with Crippen molar-refractivity contribution >= 4 is 18.2 Å². The minimum Gasteiger partial charge on any atom is -0.351 e. The molecule has 0 saturated heterocycles. The number of pyridine rings is 1. The highest BCUT2D eigenvalue weighted by molar-refractivity contribution is 5.85. The van der Waals surface area contributed by atoms with E-state index in [1.54, 1.807) is 6.20 Å². The van der Waals surface area contributed by atoms with Crippen LogP contribution >= 0.6 is 12.4 Å². The fourth-order valence-electron chi connectivity index (χ4n) is 1.95. The first-order chi connectivity index (χ1) is 9.65. The molecule has 21 heavy (non-hydrogen) atoms. The summed E-state index contributed by atoms with van der Waals surface area (Å²) in [7, 11) is 4.10. The lowest BCUT2D eigenvalue weighted by Crippen LogP contribution is -2.31. The summed E-state index contributed by atoms with van der Waals surface area (Å²) in [5.74, 6) is 0.741. The second-order valence-electron chi connectivity index (χ2n) is 5.04. The zero-order valence-corrected chi connectivity index (χ0v) is 13.2. The van der Waals surface area contributed by atoms with E-state index in [-0.39, 0.29) is 18.2 Å². The summed E-state index contributed by atoms with van der Waals surface area (Å²) in [4.78, 5) is 8.75. The summed E-state index contributed by atoms with van der Waals surface area (Å²) in [5.41, 5.74) is 1.08. The summed E-state index contributed by atoms with van der Waals surface area (Å²) in [6, 6.07) is 12.5. The number of benzene rings is 1. The third-order valence-electron chi connectivity index (χ3n) is 3.08. The predicted molar refractivity (Wildman–Crippen MR) is 87.5 cm³/mol. The van der Waals surface area contributed by atoms with Gasteiger partial charge in [-0.3, -0.25) is 0 Å². The minimum absolute atomic E-state index is 0. The first kappa shape index (κ1) is 17.4. The normalized spacial score (nSPS) is 10.3. The number of likely N-dealkylation sites (N-methyl/N-ethyl adjacent to an activating group) is 1. The highest BCUT2D eigenvalue weighted by Crippen LogP contribution is 2.14. The molecule has 0 amide bonds. The monoisotopic (exact) mass is 309 g/mol. The van der Waals surface area contributed by atoms with Crippen molar-refractivity contribution in [1.82, 2.24) is 9.88 Å². The van der Waals surface area contributed by atoms with Gasteiger partial charge in [-0.15, -0.1) is 12.4 Å². The third kappa shape index (κ3) is 5.69. The highest BCUT2D eigenvalue weighted by Gasteiger charge is 2.09. The lowest BCUT2D eigenvalue weighted by molar-refractivity contribution is 0.412. The summed E-state index contributed by atoms with van der Waals surface area (Å²) in [5, 5.41) is 0. The van der Waals surface area contributed by atoms with Crippen molar-refractivity contribution in [2.45, 2.75) is 6.54 Å². The first-order valence-electron chi connectivity index (χ1n) is 6.70. The van der Waals surface area contributed by atoms with Gasteiger partial charge in [-0.2, -0.15) is 0 Å². The van der Waals surface area contributed by atoms with Crippen LogP contribution in [0.4, 0.5) is 10.2 Å². The maximum Gasteiger partial charge on any atom is 0.128 e. The molecule has 3 nitrogen and oxygen atoms in total. The average Bonchev–Trinajstić information content (AvgIpc) is 2.46. The fraction of sp³-hybridized carbons (Fsp3) is 0.312. The second kappa shape index (κ2) is 8.60. The molecule has 0 aliphatic heterocycles. The van der Waals surface area contributed by atoms with E-state index in [4.69, 9.17) is 0 Å². The Bertz CT molecular complexity index is 517. The highest BCUT2D eigenvalue weighted by atomic mass is 35.5. The summed E-state index contributed by atoms with van der Waals surface area (Å²) < 4.78 is 13.0. The van der Waals surface area contributed by atoms with E-state index in [9.17, 15) is 4.39 Å². The maximum absolute atomic E-state index is 13.0. The maximum atomic E-state index is 13.0. The van der Waals surface area contributed by atoms with Gasteiger partial charge in [0.25, 0.3) is 0 Å². The predicted octanol–water partition coefficient (Wildman–Crippen LogP) is 3.21. The van der Waals surface area contributed by atoms with Gasteiger partial charge in [-0.05, 0) is 43.9 Å². The molecular formula is C16H21ClFN3. The van der Waals surface area contributed by atoms with E-state index in [1.807, 2.05) is 30.3 Å². The number of nitrogens with zero attached hydrogens (tertiary/aromatic N) is 3. The van der Waals surface area contributed by atoms with E-state index >= 15 is 0 Å². The molecule has 2 rings (SSSR count). The first-order valence-corrected chi connectivity index (χ1v) is 6.70. The Kier molecular flexibility index (Phi) is 7.12. The SMILES string of the molecule is CN(C)CCN(Cc1ccc(F)cc1)c1ccccn1.Cl. The lowest BCUT2D eigenvalue weighted by atomic mass is 10.2. The van der Waals surface area contributed by atoms with Crippen LogP contribution in [0.15, 0.2) is 48.7 Å². The van der Waals surface area contributed by atoms with Crippen LogP contribution in [-0.4, -0.2) is 37.1 Å². The van der Waals surface area contributed by atoms with Gasteiger partial charge in [0.1, 0.15) is 11.6 Å². The van der Waals surface area contributed by atoms with Crippen molar-refractivity contribution < 1.29 is 4.39 Å². The van der Waals surface area contributed by atoms with Crippen molar-refractivity contribution in [3.63, 3.8) is 0 Å². The molecule has 1 aromatic heterocycles. The zero-order valence-electron chi connectivity index (χ0n) is 12.4. The molecule has 0 aliphatic rings. The molecule has 5 heteroatoms. The Balaban J connectivity index is 0.00000220. The van der Waals surface area contributed by atoms with Crippen LogP contribution in [0.2, 0.25) is 0 Å². The Morgan fingerprint density at radius 1 is 1.00 bits per heavy atom. The van der Waals surface area contributed by atoms with Gasteiger partial charge in [0.05, 0.1) is 0 Å². The van der Waals surface area contributed by atoms with Crippen LogP contribution in [0.5, 0.6) is 0 Å². The summed E-state index contributed by atoms with van der Waals surface area (Å²) >= 11 is 0. The molecule has 0 aliphatic carbocycles. The van der Waals surface area contributed by atoms with Crippen molar-refractivity contribution in [2.75, 3.05) is 32.1 Å². The van der Waals surface area contributed by atoms with Crippen molar-refractivity contribution in [3.05, 3.63) is 60.0 Å². The number of hydrogen-bond donors (Lipinski definition) is 0. The average molecular weight is 310 g/mol. The second-order valence-corrected chi connectivity index (χ2v) is 5.04. The molecular weight excluding hydrogens is 289 g/mol. The fourth-order valence-corrected chi connectivity index (χ4v) is 1.95. The quantitative estimate of drug-likeness (QED) is 0.817. The van der Waals surface area contributed by atoms with Gasteiger partial charge in [-0.1, -0.05) is 18.2 Å². The Morgan fingerprint density at radius 2 is 1.71 bits per heavy atom. The van der Waals surface area contributed by atoms with E-state index in [2.05, 4.69) is 28.9 Å². The van der Waals surface area contributed by atoms with E-state index < -0.39 is 0 Å². The molecule has 0 spiro atoms. The number of rotatable bonds is 6. The van der Waals surface area contributed by atoms with Crippen molar-refractivity contribution in [2.24, 2.45) is 0 Å². The van der Waals surface area contributed by atoms with E-state index in [0.717, 1.165) is 31.0 Å². The number of hydrogen-bond acceptors (Lipinski definition) is 3. The summed E-state index contributed by atoms with van der Waals surface area (Å²) in [6.45, 7) is 2.55. The van der Waals surface area contributed by atoms with Gasteiger partial charge in [-0.25, -0.2) is 9.37 Å². The van der Waals surface area contributed by atoms with E-state index in [1.165, 1.54) is 12.1 Å².